The minimum Gasteiger partial charge on any atom is -0.348 e. The Morgan fingerprint density at radius 2 is 1.92 bits per heavy atom. The number of thiophene rings is 1. The molecule has 0 spiro atoms. The minimum atomic E-state index is -0.405. The zero-order valence-corrected chi connectivity index (χ0v) is 13.8. The van der Waals surface area contributed by atoms with Crippen molar-refractivity contribution in [2.45, 2.75) is 6.54 Å². The number of anilines is 1. The molecule has 0 aliphatic carbocycles. The molecule has 1 aromatic heterocycles. The normalized spacial score (nSPS) is 12.6. The molecule has 4 rings (SSSR count). The standard InChI is InChI=1S/C19H13FN2O2S/c20-12-5-3-11(4-6-12)18(23)22-15-8-7-13(16-2-1-9-25-16)14-10-21-19(24)17(14)15/h1-9H,10H2,(H,21,24)(H,22,23). The van der Waals surface area contributed by atoms with Crippen molar-refractivity contribution in [3.8, 4) is 10.4 Å². The zero-order chi connectivity index (χ0) is 17.4. The van der Waals surface area contributed by atoms with Crippen molar-refractivity contribution in [2.24, 2.45) is 0 Å². The lowest BCUT2D eigenvalue weighted by Crippen LogP contribution is -2.17. The molecule has 2 N–H and O–H groups in total. The number of amides is 2. The first-order valence-electron chi connectivity index (χ1n) is 7.68. The van der Waals surface area contributed by atoms with E-state index in [0.717, 1.165) is 16.0 Å². The molecule has 6 heteroatoms. The van der Waals surface area contributed by atoms with Crippen molar-refractivity contribution in [1.82, 2.24) is 5.32 Å². The SMILES string of the molecule is O=C(Nc1ccc(-c2cccs2)c2c1C(=O)NC2)c1ccc(F)cc1. The highest BCUT2D eigenvalue weighted by atomic mass is 32.1. The molecule has 124 valence electrons. The first-order chi connectivity index (χ1) is 12.1. The molecule has 2 amide bonds. The number of carbonyl (C=O) groups excluding carboxylic acids is 2. The van der Waals surface area contributed by atoms with E-state index in [1.54, 1.807) is 17.4 Å². The molecular formula is C19H13FN2O2S. The third-order valence-corrected chi connectivity index (χ3v) is 5.01. The van der Waals surface area contributed by atoms with Crippen LogP contribution >= 0.6 is 11.3 Å². The predicted octanol–water partition coefficient (Wildman–Crippen LogP) is 4.05. The zero-order valence-electron chi connectivity index (χ0n) is 13.0. The molecule has 0 atom stereocenters. The van der Waals surface area contributed by atoms with Gasteiger partial charge in [0.15, 0.2) is 0 Å². The van der Waals surface area contributed by atoms with Crippen LogP contribution in [0.3, 0.4) is 0 Å². The van der Waals surface area contributed by atoms with E-state index in [9.17, 15) is 14.0 Å². The Balaban J connectivity index is 1.71. The van der Waals surface area contributed by atoms with Gasteiger partial charge in [-0.15, -0.1) is 11.3 Å². The van der Waals surface area contributed by atoms with Crippen LogP contribution in [0.1, 0.15) is 26.3 Å². The van der Waals surface area contributed by atoms with Gasteiger partial charge < -0.3 is 10.6 Å². The Bertz CT molecular complexity index is 966. The van der Waals surface area contributed by atoms with Crippen molar-refractivity contribution >= 4 is 28.8 Å². The van der Waals surface area contributed by atoms with Gasteiger partial charge >= 0.3 is 0 Å². The van der Waals surface area contributed by atoms with Gasteiger partial charge in [-0.3, -0.25) is 9.59 Å². The van der Waals surface area contributed by atoms with Crippen molar-refractivity contribution < 1.29 is 14.0 Å². The third kappa shape index (κ3) is 2.81. The number of rotatable bonds is 3. The highest BCUT2D eigenvalue weighted by Gasteiger charge is 2.27. The van der Waals surface area contributed by atoms with Gasteiger partial charge in [0.05, 0.1) is 11.3 Å². The predicted molar refractivity (Wildman–Crippen MR) is 95.3 cm³/mol. The van der Waals surface area contributed by atoms with Gasteiger partial charge in [-0.25, -0.2) is 4.39 Å². The lowest BCUT2D eigenvalue weighted by atomic mass is 10.00. The maximum Gasteiger partial charge on any atom is 0.255 e. The summed E-state index contributed by atoms with van der Waals surface area (Å²) < 4.78 is 13.0. The molecule has 4 nitrogen and oxygen atoms in total. The van der Waals surface area contributed by atoms with E-state index in [0.29, 0.717) is 23.4 Å². The molecule has 1 aliphatic heterocycles. The Morgan fingerprint density at radius 1 is 1.12 bits per heavy atom. The van der Waals surface area contributed by atoms with Crippen LogP contribution in [0.4, 0.5) is 10.1 Å². The van der Waals surface area contributed by atoms with Crippen LogP contribution in [-0.2, 0) is 6.54 Å². The highest BCUT2D eigenvalue weighted by molar-refractivity contribution is 7.13. The molecule has 2 heterocycles. The highest BCUT2D eigenvalue weighted by Crippen LogP contribution is 2.36. The third-order valence-electron chi connectivity index (χ3n) is 4.11. The summed E-state index contributed by atoms with van der Waals surface area (Å²) in [5.74, 6) is -0.995. The maximum atomic E-state index is 13.0. The Hall–Kier alpha value is -2.99. The molecule has 0 bridgehead atoms. The number of benzene rings is 2. The number of carbonyl (C=O) groups is 2. The second-order valence-electron chi connectivity index (χ2n) is 5.64. The second kappa shape index (κ2) is 6.14. The van der Waals surface area contributed by atoms with E-state index >= 15 is 0 Å². The van der Waals surface area contributed by atoms with Crippen LogP contribution in [0.25, 0.3) is 10.4 Å². The fourth-order valence-corrected chi connectivity index (χ4v) is 3.69. The average molecular weight is 352 g/mol. The quantitative estimate of drug-likeness (QED) is 0.747. The summed E-state index contributed by atoms with van der Waals surface area (Å²) in [6, 6.07) is 12.9. The second-order valence-corrected chi connectivity index (χ2v) is 6.58. The summed E-state index contributed by atoms with van der Waals surface area (Å²) in [4.78, 5) is 25.7. The van der Waals surface area contributed by atoms with Gasteiger partial charge in [-0.1, -0.05) is 12.1 Å². The largest absolute Gasteiger partial charge is 0.348 e. The van der Waals surface area contributed by atoms with E-state index < -0.39 is 5.82 Å². The van der Waals surface area contributed by atoms with Crippen molar-refractivity contribution in [1.29, 1.82) is 0 Å². The van der Waals surface area contributed by atoms with Gasteiger partial charge in [0.1, 0.15) is 5.82 Å². The van der Waals surface area contributed by atoms with Crippen LogP contribution in [0.2, 0.25) is 0 Å². The fourth-order valence-electron chi connectivity index (χ4n) is 2.91. The summed E-state index contributed by atoms with van der Waals surface area (Å²) in [5, 5.41) is 7.56. The lowest BCUT2D eigenvalue weighted by molar-refractivity contribution is 0.0966. The van der Waals surface area contributed by atoms with Gasteiger partial charge in [0.2, 0.25) is 0 Å². The number of hydrogen-bond acceptors (Lipinski definition) is 3. The van der Waals surface area contributed by atoms with E-state index in [4.69, 9.17) is 0 Å². The van der Waals surface area contributed by atoms with Crippen molar-refractivity contribution in [2.75, 3.05) is 5.32 Å². The van der Waals surface area contributed by atoms with Gasteiger partial charge in [-0.05, 0) is 52.9 Å². The molecule has 0 fully saturated rings. The monoisotopic (exact) mass is 352 g/mol. The first kappa shape index (κ1) is 15.5. The van der Waals surface area contributed by atoms with Crippen LogP contribution in [-0.4, -0.2) is 11.8 Å². The molecule has 1 aliphatic rings. The fraction of sp³-hybridized carbons (Fsp3) is 0.0526. The number of nitrogens with one attached hydrogen (secondary N) is 2. The Morgan fingerprint density at radius 3 is 2.64 bits per heavy atom. The molecule has 3 aromatic rings. The van der Waals surface area contributed by atoms with Crippen LogP contribution in [0, 0.1) is 5.82 Å². The van der Waals surface area contributed by atoms with Crippen LogP contribution < -0.4 is 10.6 Å². The van der Waals surface area contributed by atoms with E-state index in [2.05, 4.69) is 10.6 Å². The molecule has 0 radical (unpaired) electrons. The number of halogens is 1. The molecule has 0 unspecified atom stereocenters. The van der Waals surface area contributed by atoms with Gasteiger partial charge in [-0.2, -0.15) is 0 Å². The topological polar surface area (TPSA) is 58.2 Å². The number of hydrogen-bond donors (Lipinski definition) is 2. The lowest BCUT2D eigenvalue weighted by Gasteiger charge is -2.12. The molecular weight excluding hydrogens is 339 g/mol. The van der Waals surface area contributed by atoms with Gasteiger partial charge in [0, 0.05) is 17.0 Å². The Kier molecular flexibility index (Phi) is 3.82. The first-order valence-corrected chi connectivity index (χ1v) is 8.56. The minimum absolute atomic E-state index is 0.206. The van der Waals surface area contributed by atoms with Crippen LogP contribution in [0.5, 0.6) is 0 Å². The van der Waals surface area contributed by atoms with E-state index in [1.165, 1.54) is 24.3 Å². The number of fused-ring (bicyclic) bond motifs is 1. The smallest absolute Gasteiger partial charge is 0.255 e. The van der Waals surface area contributed by atoms with E-state index in [1.807, 2.05) is 23.6 Å². The Labute approximate surface area is 147 Å². The maximum absolute atomic E-state index is 13.0. The molecule has 0 saturated carbocycles. The summed E-state index contributed by atoms with van der Waals surface area (Å²) in [7, 11) is 0. The van der Waals surface area contributed by atoms with Crippen molar-refractivity contribution in [3.05, 3.63) is 76.4 Å². The summed E-state index contributed by atoms with van der Waals surface area (Å²) >= 11 is 1.60. The van der Waals surface area contributed by atoms with Crippen molar-refractivity contribution in [3.63, 3.8) is 0 Å². The molecule has 25 heavy (non-hydrogen) atoms. The molecule has 0 saturated heterocycles. The van der Waals surface area contributed by atoms with E-state index in [-0.39, 0.29) is 11.8 Å². The summed E-state index contributed by atoms with van der Waals surface area (Å²) in [6.45, 7) is 0.432. The summed E-state index contributed by atoms with van der Waals surface area (Å²) in [5.41, 5.74) is 3.14. The summed E-state index contributed by atoms with van der Waals surface area (Å²) in [6.07, 6.45) is 0. The molecule has 2 aromatic carbocycles. The average Bonchev–Trinajstić information content (AvgIpc) is 3.26. The van der Waals surface area contributed by atoms with Crippen LogP contribution in [0.15, 0.2) is 53.9 Å². The van der Waals surface area contributed by atoms with Gasteiger partial charge in [0.25, 0.3) is 11.8 Å².